The van der Waals surface area contributed by atoms with Crippen LogP contribution in [-0.2, 0) is 14.3 Å². The molecule has 0 fully saturated rings. The van der Waals surface area contributed by atoms with Crippen LogP contribution in [0, 0.1) is 11.8 Å². The molecule has 0 aliphatic carbocycles. The van der Waals surface area contributed by atoms with E-state index in [0.29, 0.717) is 38.5 Å². The molecular weight excluding hydrogens is 232 g/mol. The molecule has 5 nitrogen and oxygen atoms in total. The molecule has 0 saturated heterocycles. The van der Waals surface area contributed by atoms with Gasteiger partial charge in [-0.25, -0.2) is 0 Å². The number of hydrogen-bond donors (Lipinski definition) is 2. The van der Waals surface area contributed by atoms with Crippen LogP contribution in [0.3, 0.4) is 0 Å². The first kappa shape index (κ1) is 16.9. The van der Waals surface area contributed by atoms with Gasteiger partial charge in [0, 0.05) is 19.5 Å². The van der Waals surface area contributed by atoms with E-state index in [2.05, 4.69) is 19.2 Å². The van der Waals surface area contributed by atoms with E-state index in [0.717, 1.165) is 6.42 Å². The van der Waals surface area contributed by atoms with Crippen LogP contribution < -0.4 is 11.1 Å². The van der Waals surface area contributed by atoms with Crippen LogP contribution in [0.15, 0.2) is 0 Å². The molecule has 1 unspecified atom stereocenters. The van der Waals surface area contributed by atoms with Gasteiger partial charge in [0.25, 0.3) is 0 Å². The molecule has 0 aromatic rings. The molecule has 0 aliphatic rings. The molecule has 1 amide bonds. The maximum atomic E-state index is 11.8. The number of amides is 1. The van der Waals surface area contributed by atoms with Crippen molar-refractivity contribution < 1.29 is 14.3 Å². The van der Waals surface area contributed by atoms with Gasteiger partial charge >= 0.3 is 5.97 Å². The minimum absolute atomic E-state index is 0.0185. The molecule has 5 heteroatoms. The van der Waals surface area contributed by atoms with Crippen LogP contribution in [0.2, 0.25) is 0 Å². The average molecular weight is 258 g/mol. The lowest BCUT2D eigenvalue weighted by Gasteiger charge is -2.16. The van der Waals surface area contributed by atoms with Crippen LogP contribution in [0.5, 0.6) is 0 Å². The Morgan fingerprint density at radius 2 is 2.00 bits per heavy atom. The summed E-state index contributed by atoms with van der Waals surface area (Å²) in [5.74, 6) is 0.0794. The quantitative estimate of drug-likeness (QED) is 0.479. The van der Waals surface area contributed by atoms with Crippen molar-refractivity contribution in [2.24, 2.45) is 17.6 Å². The van der Waals surface area contributed by atoms with E-state index < -0.39 is 0 Å². The van der Waals surface area contributed by atoms with Crippen LogP contribution in [0.1, 0.15) is 40.0 Å². The fourth-order valence-electron chi connectivity index (χ4n) is 1.70. The van der Waals surface area contributed by atoms with Crippen molar-refractivity contribution in [1.29, 1.82) is 0 Å². The number of carbonyl (C=O) groups is 2. The van der Waals surface area contributed by atoms with E-state index in [4.69, 9.17) is 10.5 Å². The SMILES string of the molecule is CCOC(=O)CCCNC(=O)C(CN)CC(C)C. The topological polar surface area (TPSA) is 81.4 Å². The van der Waals surface area contributed by atoms with E-state index in [1.807, 2.05) is 0 Å². The zero-order valence-corrected chi connectivity index (χ0v) is 11.7. The average Bonchev–Trinajstić information content (AvgIpc) is 2.31. The highest BCUT2D eigenvalue weighted by Gasteiger charge is 2.17. The Labute approximate surface area is 109 Å². The standard InChI is InChI=1S/C13H26N2O3/c1-4-18-12(16)6-5-7-15-13(17)11(9-14)8-10(2)3/h10-11H,4-9,14H2,1-3H3,(H,15,17). The number of carbonyl (C=O) groups excluding carboxylic acids is 2. The van der Waals surface area contributed by atoms with Gasteiger partial charge in [-0.15, -0.1) is 0 Å². The molecule has 18 heavy (non-hydrogen) atoms. The summed E-state index contributed by atoms with van der Waals surface area (Å²) < 4.78 is 4.80. The lowest BCUT2D eigenvalue weighted by atomic mass is 9.96. The second kappa shape index (κ2) is 9.88. The Morgan fingerprint density at radius 3 is 2.50 bits per heavy atom. The van der Waals surface area contributed by atoms with E-state index in [1.54, 1.807) is 6.92 Å². The van der Waals surface area contributed by atoms with Gasteiger partial charge in [-0.2, -0.15) is 0 Å². The number of esters is 1. The minimum Gasteiger partial charge on any atom is -0.466 e. The highest BCUT2D eigenvalue weighted by atomic mass is 16.5. The normalized spacial score (nSPS) is 12.3. The molecular formula is C13H26N2O3. The molecule has 1 atom stereocenters. The fraction of sp³-hybridized carbons (Fsp3) is 0.846. The predicted molar refractivity (Wildman–Crippen MR) is 70.9 cm³/mol. The molecule has 0 radical (unpaired) electrons. The largest absolute Gasteiger partial charge is 0.466 e. The molecule has 0 bridgehead atoms. The fourth-order valence-corrected chi connectivity index (χ4v) is 1.70. The van der Waals surface area contributed by atoms with Gasteiger partial charge in [0.15, 0.2) is 0 Å². The first-order valence-corrected chi connectivity index (χ1v) is 6.64. The second-order valence-corrected chi connectivity index (χ2v) is 4.76. The van der Waals surface area contributed by atoms with Crippen molar-refractivity contribution >= 4 is 11.9 Å². The highest BCUT2D eigenvalue weighted by molar-refractivity contribution is 5.78. The smallest absolute Gasteiger partial charge is 0.305 e. The first-order valence-electron chi connectivity index (χ1n) is 6.64. The number of rotatable bonds is 9. The van der Waals surface area contributed by atoms with E-state index >= 15 is 0 Å². The third-order valence-corrected chi connectivity index (χ3v) is 2.57. The van der Waals surface area contributed by atoms with Gasteiger partial charge in [-0.05, 0) is 25.7 Å². The third-order valence-electron chi connectivity index (χ3n) is 2.57. The summed E-state index contributed by atoms with van der Waals surface area (Å²) in [6, 6.07) is 0. The first-order chi connectivity index (χ1) is 8.51. The number of hydrogen-bond acceptors (Lipinski definition) is 4. The molecule has 0 heterocycles. The third kappa shape index (κ3) is 8.06. The van der Waals surface area contributed by atoms with Crippen LogP contribution in [0.25, 0.3) is 0 Å². The van der Waals surface area contributed by atoms with Gasteiger partial charge in [0.1, 0.15) is 0 Å². The van der Waals surface area contributed by atoms with Gasteiger partial charge in [0.05, 0.1) is 12.5 Å². The van der Waals surface area contributed by atoms with Gasteiger partial charge in [-0.1, -0.05) is 13.8 Å². The molecule has 0 rings (SSSR count). The summed E-state index contributed by atoms with van der Waals surface area (Å²) in [4.78, 5) is 22.8. The van der Waals surface area contributed by atoms with Gasteiger partial charge in [-0.3, -0.25) is 9.59 Å². The zero-order chi connectivity index (χ0) is 14.0. The molecule has 0 spiro atoms. The van der Waals surface area contributed by atoms with Crippen molar-refractivity contribution in [3.8, 4) is 0 Å². The van der Waals surface area contributed by atoms with Crippen molar-refractivity contribution in [2.75, 3.05) is 19.7 Å². The monoisotopic (exact) mass is 258 g/mol. The summed E-state index contributed by atoms with van der Waals surface area (Å²) in [5, 5.41) is 2.81. The van der Waals surface area contributed by atoms with Crippen LogP contribution in [0.4, 0.5) is 0 Å². The van der Waals surface area contributed by atoms with Crippen molar-refractivity contribution in [3.05, 3.63) is 0 Å². The number of ether oxygens (including phenoxy) is 1. The molecule has 0 aromatic carbocycles. The summed E-state index contributed by atoms with van der Waals surface area (Å²) in [7, 11) is 0. The highest BCUT2D eigenvalue weighted by Crippen LogP contribution is 2.10. The van der Waals surface area contributed by atoms with Crippen molar-refractivity contribution in [1.82, 2.24) is 5.32 Å². The van der Waals surface area contributed by atoms with Crippen molar-refractivity contribution in [3.63, 3.8) is 0 Å². The molecule has 106 valence electrons. The Morgan fingerprint density at radius 1 is 1.33 bits per heavy atom. The minimum atomic E-state index is -0.218. The van der Waals surface area contributed by atoms with Gasteiger partial charge < -0.3 is 15.8 Å². The summed E-state index contributed by atoms with van der Waals surface area (Å²) in [6.45, 7) is 7.16. The van der Waals surface area contributed by atoms with Crippen molar-refractivity contribution in [2.45, 2.75) is 40.0 Å². The maximum Gasteiger partial charge on any atom is 0.305 e. The maximum absolute atomic E-state index is 11.8. The summed E-state index contributed by atoms with van der Waals surface area (Å²) >= 11 is 0. The van der Waals surface area contributed by atoms with E-state index in [1.165, 1.54) is 0 Å². The predicted octanol–water partition coefficient (Wildman–Crippen LogP) is 1.07. The molecule has 0 saturated carbocycles. The van der Waals surface area contributed by atoms with E-state index in [9.17, 15) is 9.59 Å². The summed E-state index contributed by atoms with van der Waals surface area (Å²) in [5.41, 5.74) is 5.58. The molecule has 3 N–H and O–H groups in total. The lowest BCUT2D eigenvalue weighted by Crippen LogP contribution is -2.36. The summed E-state index contributed by atoms with van der Waals surface area (Å²) in [6.07, 6.45) is 1.73. The van der Waals surface area contributed by atoms with Crippen LogP contribution in [-0.4, -0.2) is 31.6 Å². The Kier molecular flexibility index (Phi) is 9.28. The Hall–Kier alpha value is -1.10. The Bertz CT molecular complexity index is 255. The molecule has 0 aromatic heterocycles. The number of nitrogens with one attached hydrogen (secondary N) is 1. The Balaban J connectivity index is 3.77. The zero-order valence-electron chi connectivity index (χ0n) is 11.7. The lowest BCUT2D eigenvalue weighted by molar-refractivity contribution is -0.143. The van der Waals surface area contributed by atoms with E-state index in [-0.39, 0.29) is 17.8 Å². The second-order valence-electron chi connectivity index (χ2n) is 4.76. The van der Waals surface area contributed by atoms with Crippen LogP contribution >= 0.6 is 0 Å². The van der Waals surface area contributed by atoms with Gasteiger partial charge in [0.2, 0.25) is 5.91 Å². The number of nitrogens with two attached hydrogens (primary N) is 1. The molecule has 0 aliphatic heterocycles.